The third-order valence-corrected chi connectivity index (χ3v) is 3.77. The highest BCUT2D eigenvalue weighted by molar-refractivity contribution is 5.64. The molecule has 23 heavy (non-hydrogen) atoms. The number of benzene rings is 1. The SMILES string of the molecule is COc1cccc(-c2ccc(Cn3c(C)cnc3N)[nH]c2=O)c1. The van der Waals surface area contributed by atoms with Gasteiger partial charge in [0.2, 0.25) is 5.95 Å². The third kappa shape index (κ3) is 2.96. The number of nitrogens with zero attached hydrogens (tertiary/aromatic N) is 2. The van der Waals surface area contributed by atoms with Gasteiger partial charge in [-0.15, -0.1) is 0 Å². The summed E-state index contributed by atoms with van der Waals surface area (Å²) >= 11 is 0. The quantitative estimate of drug-likeness (QED) is 0.773. The number of imidazole rings is 1. The van der Waals surface area contributed by atoms with E-state index in [1.165, 1.54) is 0 Å². The number of H-pyrrole nitrogens is 1. The van der Waals surface area contributed by atoms with Gasteiger partial charge >= 0.3 is 0 Å². The zero-order chi connectivity index (χ0) is 16.4. The van der Waals surface area contributed by atoms with Crippen molar-refractivity contribution < 1.29 is 4.74 Å². The summed E-state index contributed by atoms with van der Waals surface area (Å²) in [6, 6.07) is 11.1. The molecular formula is C17H18N4O2. The van der Waals surface area contributed by atoms with Crippen molar-refractivity contribution in [2.45, 2.75) is 13.5 Å². The second-order valence-electron chi connectivity index (χ2n) is 5.30. The number of anilines is 1. The van der Waals surface area contributed by atoms with E-state index in [0.717, 1.165) is 17.0 Å². The molecule has 1 aromatic carbocycles. The Balaban J connectivity index is 1.93. The molecule has 3 N–H and O–H groups in total. The Kier molecular flexibility index (Phi) is 3.89. The molecule has 0 aliphatic carbocycles. The Hall–Kier alpha value is -3.02. The number of nitrogens with two attached hydrogens (primary N) is 1. The summed E-state index contributed by atoms with van der Waals surface area (Å²) in [5.74, 6) is 1.15. The number of aryl methyl sites for hydroxylation is 1. The van der Waals surface area contributed by atoms with Crippen LogP contribution in [0.4, 0.5) is 5.95 Å². The first kappa shape index (κ1) is 14.9. The van der Waals surface area contributed by atoms with Gasteiger partial charge in [0.15, 0.2) is 0 Å². The van der Waals surface area contributed by atoms with E-state index in [9.17, 15) is 4.79 Å². The molecule has 0 aliphatic rings. The van der Waals surface area contributed by atoms with E-state index in [0.29, 0.717) is 23.8 Å². The Bertz CT molecular complexity index is 876. The fourth-order valence-electron chi connectivity index (χ4n) is 2.48. The van der Waals surface area contributed by atoms with Gasteiger partial charge in [-0.2, -0.15) is 0 Å². The first-order chi connectivity index (χ1) is 11.1. The Morgan fingerprint density at radius 2 is 2.13 bits per heavy atom. The molecule has 6 nitrogen and oxygen atoms in total. The molecule has 0 spiro atoms. The maximum Gasteiger partial charge on any atom is 0.256 e. The van der Waals surface area contributed by atoms with Crippen molar-refractivity contribution in [1.82, 2.24) is 14.5 Å². The lowest BCUT2D eigenvalue weighted by atomic mass is 10.1. The summed E-state index contributed by atoms with van der Waals surface area (Å²) in [7, 11) is 1.60. The number of pyridine rings is 1. The zero-order valence-corrected chi connectivity index (χ0v) is 13.0. The Labute approximate surface area is 133 Å². The van der Waals surface area contributed by atoms with Crippen molar-refractivity contribution >= 4 is 5.95 Å². The van der Waals surface area contributed by atoms with Gasteiger partial charge in [0.1, 0.15) is 5.75 Å². The van der Waals surface area contributed by atoms with Gasteiger partial charge in [0.05, 0.1) is 19.9 Å². The fraction of sp³-hybridized carbons (Fsp3) is 0.176. The largest absolute Gasteiger partial charge is 0.497 e. The molecule has 0 unspecified atom stereocenters. The van der Waals surface area contributed by atoms with Gasteiger partial charge in [0, 0.05) is 17.0 Å². The summed E-state index contributed by atoms with van der Waals surface area (Å²) in [6.45, 7) is 2.40. The van der Waals surface area contributed by atoms with Gasteiger partial charge in [-0.25, -0.2) is 4.98 Å². The number of aromatic nitrogens is 3. The third-order valence-electron chi connectivity index (χ3n) is 3.77. The second kappa shape index (κ2) is 6.00. The molecule has 2 heterocycles. The highest BCUT2D eigenvalue weighted by atomic mass is 16.5. The summed E-state index contributed by atoms with van der Waals surface area (Å²) in [6.07, 6.45) is 1.71. The number of ether oxygens (including phenoxy) is 1. The minimum Gasteiger partial charge on any atom is -0.497 e. The lowest BCUT2D eigenvalue weighted by molar-refractivity contribution is 0.415. The minimum absolute atomic E-state index is 0.146. The van der Waals surface area contributed by atoms with Crippen LogP contribution in [0.2, 0.25) is 0 Å². The van der Waals surface area contributed by atoms with Gasteiger partial charge in [0.25, 0.3) is 5.56 Å². The minimum atomic E-state index is -0.146. The van der Waals surface area contributed by atoms with Crippen molar-refractivity contribution in [3.05, 3.63) is 64.3 Å². The molecular weight excluding hydrogens is 292 g/mol. The molecule has 0 atom stereocenters. The van der Waals surface area contributed by atoms with Crippen LogP contribution >= 0.6 is 0 Å². The first-order valence-electron chi connectivity index (χ1n) is 7.22. The van der Waals surface area contributed by atoms with Crippen molar-refractivity contribution in [2.24, 2.45) is 0 Å². The molecule has 0 bridgehead atoms. The average molecular weight is 310 g/mol. The first-order valence-corrected chi connectivity index (χ1v) is 7.22. The summed E-state index contributed by atoms with van der Waals surface area (Å²) in [4.78, 5) is 19.3. The van der Waals surface area contributed by atoms with E-state index in [2.05, 4.69) is 9.97 Å². The number of nitrogen functional groups attached to an aromatic ring is 1. The maximum atomic E-state index is 12.4. The summed E-state index contributed by atoms with van der Waals surface area (Å²) in [5.41, 5.74) is 8.81. The molecule has 3 rings (SSSR count). The molecule has 0 saturated carbocycles. The van der Waals surface area contributed by atoms with Crippen molar-refractivity contribution in [3.8, 4) is 16.9 Å². The van der Waals surface area contributed by atoms with Crippen molar-refractivity contribution in [1.29, 1.82) is 0 Å². The van der Waals surface area contributed by atoms with E-state index in [4.69, 9.17) is 10.5 Å². The van der Waals surface area contributed by atoms with Crippen LogP contribution in [-0.4, -0.2) is 21.6 Å². The van der Waals surface area contributed by atoms with Crippen LogP contribution in [-0.2, 0) is 6.54 Å². The number of hydrogen-bond acceptors (Lipinski definition) is 4. The van der Waals surface area contributed by atoms with Crippen LogP contribution < -0.4 is 16.0 Å². The predicted octanol–water partition coefficient (Wildman–Crippen LogP) is 2.19. The van der Waals surface area contributed by atoms with Gasteiger partial charge in [-0.1, -0.05) is 12.1 Å². The lowest BCUT2D eigenvalue weighted by Gasteiger charge is -2.09. The topological polar surface area (TPSA) is 85.9 Å². The normalized spacial score (nSPS) is 10.7. The molecule has 0 radical (unpaired) electrons. The molecule has 0 aliphatic heterocycles. The van der Waals surface area contributed by atoms with E-state index in [1.807, 2.05) is 47.9 Å². The van der Waals surface area contributed by atoms with E-state index in [-0.39, 0.29) is 5.56 Å². The molecule has 6 heteroatoms. The molecule has 2 aromatic heterocycles. The number of nitrogens with one attached hydrogen (secondary N) is 1. The Morgan fingerprint density at radius 3 is 2.78 bits per heavy atom. The monoisotopic (exact) mass is 310 g/mol. The number of hydrogen-bond donors (Lipinski definition) is 2. The number of rotatable bonds is 4. The van der Waals surface area contributed by atoms with Crippen LogP contribution in [0.5, 0.6) is 5.75 Å². The Morgan fingerprint density at radius 1 is 1.30 bits per heavy atom. The number of methoxy groups -OCH3 is 1. The van der Waals surface area contributed by atoms with E-state index >= 15 is 0 Å². The van der Waals surface area contributed by atoms with Gasteiger partial charge in [-0.3, -0.25) is 4.79 Å². The second-order valence-corrected chi connectivity index (χ2v) is 5.30. The van der Waals surface area contributed by atoms with E-state index in [1.54, 1.807) is 13.3 Å². The van der Waals surface area contributed by atoms with Gasteiger partial charge < -0.3 is 20.0 Å². The summed E-state index contributed by atoms with van der Waals surface area (Å²) < 4.78 is 7.04. The molecule has 118 valence electrons. The van der Waals surface area contributed by atoms with E-state index < -0.39 is 0 Å². The zero-order valence-electron chi connectivity index (χ0n) is 13.0. The predicted molar refractivity (Wildman–Crippen MR) is 89.5 cm³/mol. The van der Waals surface area contributed by atoms with Crippen LogP contribution in [0.15, 0.2) is 47.4 Å². The fourth-order valence-corrected chi connectivity index (χ4v) is 2.48. The van der Waals surface area contributed by atoms with Crippen molar-refractivity contribution in [3.63, 3.8) is 0 Å². The number of aromatic amines is 1. The van der Waals surface area contributed by atoms with Crippen LogP contribution in [0.3, 0.4) is 0 Å². The highest BCUT2D eigenvalue weighted by Gasteiger charge is 2.08. The van der Waals surface area contributed by atoms with Crippen LogP contribution in [0.1, 0.15) is 11.4 Å². The van der Waals surface area contributed by atoms with Gasteiger partial charge in [-0.05, 0) is 36.8 Å². The lowest BCUT2D eigenvalue weighted by Crippen LogP contribution is -2.14. The smallest absolute Gasteiger partial charge is 0.256 e. The maximum absolute atomic E-state index is 12.4. The van der Waals surface area contributed by atoms with Crippen LogP contribution in [0.25, 0.3) is 11.1 Å². The molecule has 0 saturated heterocycles. The molecule has 0 amide bonds. The van der Waals surface area contributed by atoms with Crippen LogP contribution in [0, 0.1) is 6.92 Å². The highest BCUT2D eigenvalue weighted by Crippen LogP contribution is 2.21. The average Bonchev–Trinajstić information content (AvgIpc) is 2.87. The molecule has 3 aromatic rings. The summed E-state index contributed by atoms with van der Waals surface area (Å²) in [5, 5.41) is 0. The standard InChI is InChI=1S/C17H18N4O2/c1-11-9-19-17(18)21(11)10-13-6-7-15(16(22)20-13)12-4-3-5-14(8-12)23-2/h3-9H,10H2,1-2H3,(H2,18,19)(H,20,22). The molecule has 0 fully saturated rings. The van der Waals surface area contributed by atoms with Crippen molar-refractivity contribution in [2.75, 3.05) is 12.8 Å².